The van der Waals surface area contributed by atoms with Crippen LogP contribution in [-0.4, -0.2) is 31.1 Å². The molecule has 1 N–H and O–H groups in total. The Morgan fingerprint density at radius 3 is 2.95 bits per heavy atom. The largest absolute Gasteiger partial charge is 0.481 e. The second-order valence-electron chi connectivity index (χ2n) is 4.59. The van der Waals surface area contributed by atoms with Crippen LogP contribution in [0.4, 0.5) is 0 Å². The maximum atomic E-state index is 10.4. The van der Waals surface area contributed by atoms with E-state index in [0.29, 0.717) is 13.0 Å². The quantitative estimate of drug-likeness (QED) is 0.754. The summed E-state index contributed by atoms with van der Waals surface area (Å²) in [5, 5.41) is 19.9. The molecule has 108 valence electrons. The monoisotopic (exact) mass is 294 g/mol. The molecule has 0 amide bonds. The van der Waals surface area contributed by atoms with Gasteiger partial charge in [-0.25, -0.2) is 9.67 Å². The van der Waals surface area contributed by atoms with Crippen molar-refractivity contribution in [2.24, 2.45) is 0 Å². The van der Waals surface area contributed by atoms with Crippen LogP contribution in [0.1, 0.15) is 42.6 Å². The van der Waals surface area contributed by atoms with Crippen LogP contribution < -0.4 is 0 Å². The molecule has 0 fully saturated rings. The number of thiazole rings is 1. The average molecular weight is 294 g/mol. The molecule has 6 nitrogen and oxygen atoms in total. The zero-order valence-corrected chi connectivity index (χ0v) is 12.3. The summed E-state index contributed by atoms with van der Waals surface area (Å²) in [6, 6.07) is 0. The third-order valence-electron chi connectivity index (χ3n) is 2.89. The molecule has 20 heavy (non-hydrogen) atoms. The van der Waals surface area contributed by atoms with Gasteiger partial charge in [-0.05, 0) is 25.7 Å². The number of carboxylic acids is 1. The number of aryl methyl sites for hydroxylation is 2. The Bertz CT molecular complexity index is 564. The van der Waals surface area contributed by atoms with Gasteiger partial charge >= 0.3 is 5.97 Å². The van der Waals surface area contributed by atoms with Crippen LogP contribution in [0.5, 0.6) is 0 Å². The Labute approximate surface area is 121 Å². The number of hydrogen-bond donors (Lipinski definition) is 1. The van der Waals surface area contributed by atoms with Gasteiger partial charge in [0, 0.05) is 18.0 Å². The summed E-state index contributed by atoms with van der Waals surface area (Å²) in [6.07, 6.45) is 5.34. The van der Waals surface area contributed by atoms with E-state index >= 15 is 0 Å². The minimum atomic E-state index is -0.746. The third kappa shape index (κ3) is 4.41. The molecule has 0 unspecified atom stereocenters. The van der Waals surface area contributed by atoms with Crippen LogP contribution in [-0.2, 0) is 24.2 Å². The summed E-state index contributed by atoms with van der Waals surface area (Å²) in [6.45, 7) is 2.73. The van der Waals surface area contributed by atoms with Gasteiger partial charge in [-0.2, -0.15) is 0 Å². The van der Waals surface area contributed by atoms with E-state index in [1.807, 2.05) is 11.6 Å². The number of aromatic nitrogens is 4. The standard InChI is InChI=1S/C13H18N4O2S/c1-2-12-14-11(9-20-12)8-17-7-10(15-16-17)5-3-4-6-13(18)19/h7,9H,2-6,8H2,1H3,(H,18,19). The molecular weight excluding hydrogens is 276 g/mol. The number of unbranched alkanes of at least 4 members (excludes halogenated alkanes) is 1. The smallest absolute Gasteiger partial charge is 0.303 e. The van der Waals surface area contributed by atoms with Gasteiger partial charge < -0.3 is 5.11 Å². The summed E-state index contributed by atoms with van der Waals surface area (Å²) >= 11 is 1.67. The molecule has 0 spiro atoms. The average Bonchev–Trinajstić information content (AvgIpc) is 3.04. The van der Waals surface area contributed by atoms with Crippen molar-refractivity contribution in [3.05, 3.63) is 28.0 Å². The molecule has 2 rings (SSSR count). The first-order valence-electron chi connectivity index (χ1n) is 6.71. The fraction of sp³-hybridized carbons (Fsp3) is 0.538. The predicted molar refractivity (Wildman–Crippen MR) is 75.8 cm³/mol. The zero-order chi connectivity index (χ0) is 14.4. The fourth-order valence-corrected chi connectivity index (χ4v) is 2.60. The molecule has 2 aromatic heterocycles. The normalized spacial score (nSPS) is 10.8. The van der Waals surface area contributed by atoms with Gasteiger partial charge in [-0.3, -0.25) is 4.79 Å². The maximum absolute atomic E-state index is 10.4. The van der Waals surface area contributed by atoms with Gasteiger partial charge in [0.1, 0.15) is 0 Å². The molecule has 7 heteroatoms. The SMILES string of the molecule is CCc1nc(Cn2cc(CCCCC(=O)O)nn2)cs1. The van der Waals surface area contributed by atoms with E-state index < -0.39 is 5.97 Å². The molecule has 0 aliphatic carbocycles. The van der Waals surface area contributed by atoms with Crippen LogP contribution in [0.2, 0.25) is 0 Å². The molecule has 0 radical (unpaired) electrons. The van der Waals surface area contributed by atoms with Crippen LogP contribution >= 0.6 is 11.3 Å². The summed E-state index contributed by atoms with van der Waals surface area (Å²) in [5.41, 5.74) is 1.91. The van der Waals surface area contributed by atoms with Gasteiger partial charge in [0.05, 0.1) is 22.9 Å². The Morgan fingerprint density at radius 2 is 2.25 bits per heavy atom. The van der Waals surface area contributed by atoms with Crippen molar-refractivity contribution < 1.29 is 9.90 Å². The molecule has 0 atom stereocenters. The molecule has 0 bridgehead atoms. The van der Waals surface area contributed by atoms with Crippen LogP contribution in [0.3, 0.4) is 0 Å². The number of nitrogens with zero attached hydrogens (tertiary/aromatic N) is 4. The van der Waals surface area contributed by atoms with Gasteiger partial charge in [0.2, 0.25) is 0 Å². The molecule has 0 saturated heterocycles. The summed E-state index contributed by atoms with van der Waals surface area (Å²) < 4.78 is 1.78. The maximum Gasteiger partial charge on any atom is 0.303 e. The molecular formula is C13H18N4O2S. The summed E-state index contributed by atoms with van der Waals surface area (Å²) in [4.78, 5) is 14.9. The highest BCUT2D eigenvalue weighted by Crippen LogP contribution is 2.11. The molecule has 2 aromatic rings. The van der Waals surface area contributed by atoms with E-state index in [1.54, 1.807) is 16.0 Å². The number of hydrogen-bond acceptors (Lipinski definition) is 5. The van der Waals surface area contributed by atoms with Gasteiger partial charge in [0.15, 0.2) is 0 Å². The van der Waals surface area contributed by atoms with Gasteiger partial charge in [0.25, 0.3) is 0 Å². The summed E-state index contributed by atoms with van der Waals surface area (Å²) in [7, 11) is 0. The Balaban J connectivity index is 1.81. The third-order valence-corrected chi connectivity index (χ3v) is 3.93. The lowest BCUT2D eigenvalue weighted by molar-refractivity contribution is -0.137. The molecule has 0 aliphatic heterocycles. The van der Waals surface area contributed by atoms with Crippen molar-refractivity contribution in [1.82, 2.24) is 20.0 Å². The molecule has 0 aliphatic rings. The van der Waals surface area contributed by atoms with Gasteiger partial charge in [-0.15, -0.1) is 16.4 Å². The zero-order valence-electron chi connectivity index (χ0n) is 11.4. The lowest BCUT2D eigenvalue weighted by Gasteiger charge is -1.96. The highest BCUT2D eigenvalue weighted by molar-refractivity contribution is 7.09. The summed E-state index contributed by atoms with van der Waals surface area (Å²) in [5.74, 6) is -0.746. The number of aliphatic carboxylic acids is 1. The number of carbonyl (C=O) groups is 1. The first-order valence-corrected chi connectivity index (χ1v) is 7.59. The minimum absolute atomic E-state index is 0.215. The molecule has 0 saturated carbocycles. The second kappa shape index (κ2) is 7.14. The first kappa shape index (κ1) is 14.6. The van der Waals surface area contributed by atoms with E-state index in [4.69, 9.17) is 5.11 Å². The van der Waals surface area contributed by atoms with Crippen molar-refractivity contribution in [2.45, 2.75) is 45.6 Å². The van der Waals surface area contributed by atoms with E-state index in [1.165, 1.54) is 0 Å². The van der Waals surface area contributed by atoms with Crippen LogP contribution in [0.15, 0.2) is 11.6 Å². The van der Waals surface area contributed by atoms with Crippen molar-refractivity contribution in [1.29, 1.82) is 0 Å². The van der Waals surface area contributed by atoms with E-state index in [9.17, 15) is 4.79 Å². The van der Waals surface area contributed by atoms with Crippen LogP contribution in [0.25, 0.3) is 0 Å². The minimum Gasteiger partial charge on any atom is -0.481 e. The number of carboxylic acid groups (broad SMARTS) is 1. The van der Waals surface area contributed by atoms with Crippen molar-refractivity contribution in [3.8, 4) is 0 Å². The first-order chi connectivity index (χ1) is 9.67. The van der Waals surface area contributed by atoms with Gasteiger partial charge in [-0.1, -0.05) is 12.1 Å². The number of rotatable bonds is 8. The van der Waals surface area contributed by atoms with Crippen molar-refractivity contribution in [2.75, 3.05) is 0 Å². The molecule has 0 aromatic carbocycles. The Kier molecular flexibility index (Phi) is 5.23. The van der Waals surface area contributed by atoms with Crippen molar-refractivity contribution in [3.63, 3.8) is 0 Å². The topological polar surface area (TPSA) is 80.9 Å². The van der Waals surface area contributed by atoms with Crippen LogP contribution in [0, 0.1) is 0 Å². The van der Waals surface area contributed by atoms with E-state index in [-0.39, 0.29) is 6.42 Å². The molecule has 2 heterocycles. The van der Waals surface area contributed by atoms with E-state index in [0.717, 1.165) is 35.7 Å². The lowest BCUT2D eigenvalue weighted by atomic mass is 10.1. The highest BCUT2D eigenvalue weighted by Gasteiger charge is 2.05. The Morgan fingerprint density at radius 1 is 1.40 bits per heavy atom. The highest BCUT2D eigenvalue weighted by atomic mass is 32.1. The predicted octanol–water partition coefficient (Wildman–Crippen LogP) is 2.14. The second-order valence-corrected chi connectivity index (χ2v) is 5.54. The Hall–Kier alpha value is -1.76. The fourth-order valence-electron chi connectivity index (χ4n) is 1.86. The van der Waals surface area contributed by atoms with Crippen molar-refractivity contribution >= 4 is 17.3 Å². The lowest BCUT2D eigenvalue weighted by Crippen LogP contribution is -2.00. The van der Waals surface area contributed by atoms with E-state index in [2.05, 4.69) is 22.2 Å².